The molecule has 3 heterocycles. The van der Waals surface area contributed by atoms with Gasteiger partial charge in [-0.05, 0) is 35.9 Å². The van der Waals surface area contributed by atoms with Gasteiger partial charge in [0.2, 0.25) is 6.41 Å². The molecule has 0 unspecified atom stereocenters. The van der Waals surface area contributed by atoms with Gasteiger partial charge < -0.3 is 10.2 Å². The van der Waals surface area contributed by atoms with E-state index in [9.17, 15) is 9.59 Å². The highest BCUT2D eigenvalue weighted by Gasteiger charge is 2.15. The molecule has 1 amide bonds. The first-order chi connectivity index (χ1) is 16.3. The van der Waals surface area contributed by atoms with Crippen molar-refractivity contribution < 1.29 is 9.59 Å². The maximum absolute atomic E-state index is 12.0. The van der Waals surface area contributed by atoms with Crippen LogP contribution in [-0.2, 0) is 17.8 Å². The van der Waals surface area contributed by atoms with Crippen molar-refractivity contribution in [2.24, 2.45) is 0 Å². The number of pyridine rings is 3. The highest BCUT2D eigenvalue weighted by Crippen LogP contribution is 2.30. The van der Waals surface area contributed by atoms with E-state index in [2.05, 4.69) is 15.3 Å². The molecular weight excluding hydrogens is 414 g/mol. The number of nitrogens with zero attached hydrogens (tertiary/aromatic N) is 4. The van der Waals surface area contributed by atoms with Crippen LogP contribution < -0.4 is 10.2 Å². The predicted molar refractivity (Wildman–Crippen MR) is 128 cm³/mol. The second kappa shape index (κ2) is 10.8. The van der Waals surface area contributed by atoms with Crippen LogP contribution in [-0.4, -0.2) is 34.2 Å². The molecule has 0 saturated heterocycles. The number of benzene rings is 1. The first-order valence-corrected chi connectivity index (χ1v) is 10.6. The van der Waals surface area contributed by atoms with Crippen molar-refractivity contribution in [3.8, 4) is 11.3 Å². The smallest absolute Gasteiger partial charge is 0.214 e. The molecule has 3 aromatic heterocycles. The number of amides is 1. The van der Waals surface area contributed by atoms with Gasteiger partial charge in [-0.2, -0.15) is 0 Å². The first-order valence-electron chi connectivity index (χ1n) is 10.6. The summed E-state index contributed by atoms with van der Waals surface area (Å²) in [5.74, 6) is 0.556. The van der Waals surface area contributed by atoms with E-state index in [1.54, 1.807) is 29.6 Å². The van der Waals surface area contributed by atoms with Gasteiger partial charge in [-0.25, -0.2) is 4.98 Å². The van der Waals surface area contributed by atoms with Crippen LogP contribution in [0.25, 0.3) is 11.3 Å². The highest BCUT2D eigenvalue weighted by atomic mass is 16.1. The molecule has 7 nitrogen and oxygen atoms in total. The summed E-state index contributed by atoms with van der Waals surface area (Å²) in [5.41, 5.74) is 4.43. The van der Waals surface area contributed by atoms with Gasteiger partial charge in [-0.15, -0.1) is 0 Å². The summed E-state index contributed by atoms with van der Waals surface area (Å²) in [6.45, 7) is 0.938. The molecular formula is C26H23N5O2. The molecule has 0 fully saturated rings. The van der Waals surface area contributed by atoms with E-state index >= 15 is 0 Å². The van der Waals surface area contributed by atoms with Crippen LogP contribution in [0.3, 0.4) is 0 Å². The molecule has 1 N–H and O–H groups in total. The van der Waals surface area contributed by atoms with Crippen LogP contribution in [0.4, 0.5) is 11.5 Å². The van der Waals surface area contributed by atoms with Crippen molar-refractivity contribution in [2.75, 3.05) is 16.8 Å². The number of hydrogen-bond acceptors (Lipinski definition) is 6. The fourth-order valence-corrected chi connectivity index (χ4v) is 3.52. The molecule has 0 atom stereocenters. The van der Waals surface area contributed by atoms with Crippen molar-refractivity contribution in [2.45, 2.75) is 13.0 Å². The number of aromatic nitrogens is 3. The van der Waals surface area contributed by atoms with Crippen LogP contribution in [0.5, 0.6) is 0 Å². The molecule has 0 bridgehead atoms. The minimum Gasteiger partial charge on any atom is -0.368 e. The van der Waals surface area contributed by atoms with E-state index in [-0.39, 0.29) is 0 Å². The second-order valence-electron chi connectivity index (χ2n) is 7.36. The number of nitrogens with one attached hydrogen (secondary N) is 1. The van der Waals surface area contributed by atoms with Gasteiger partial charge >= 0.3 is 0 Å². The minimum atomic E-state index is 0.359. The Morgan fingerprint density at radius 2 is 1.79 bits per heavy atom. The number of carbonyl (C=O) groups excluding carboxylic acids is 2. The van der Waals surface area contributed by atoms with Crippen molar-refractivity contribution >= 4 is 24.2 Å². The highest BCUT2D eigenvalue weighted by molar-refractivity contribution is 5.88. The molecule has 4 rings (SSSR count). The summed E-state index contributed by atoms with van der Waals surface area (Å²) < 4.78 is 0. The van der Waals surface area contributed by atoms with Crippen molar-refractivity contribution in [1.29, 1.82) is 0 Å². The van der Waals surface area contributed by atoms with Gasteiger partial charge in [0.1, 0.15) is 0 Å². The fourth-order valence-electron chi connectivity index (χ4n) is 3.52. The zero-order valence-electron chi connectivity index (χ0n) is 18.0. The molecule has 0 aliphatic heterocycles. The van der Waals surface area contributed by atoms with Crippen LogP contribution in [0, 0.1) is 0 Å². The molecule has 0 radical (unpaired) electrons. The first kappa shape index (κ1) is 21.8. The fraction of sp³-hybridized carbons (Fsp3) is 0.115. The molecule has 0 aliphatic carbocycles. The molecule has 164 valence electrons. The van der Waals surface area contributed by atoms with Crippen molar-refractivity contribution in [3.05, 3.63) is 102 Å². The summed E-state index contributed by atoms with van der Waals surface area (Å²) in [7, 11) is 0. The van der Waals surface area contributed by atoms with Crippen LogP contribution in [0.1, 0.15) is 21.6 Å². The summed E-state index contributed by atoms with van der Waals surface area (Å²) in [5, 5.41) is 3.35. The summed E-state index contributed by atoms with van der Waals surface area (Å²) >= 11 is 0. The molecule has 0 spiro atoms. The minimum absolute atomic E-state index is 0.359. The topological polar surface area (TPSA) is 88.1 Å². The van der Waals surface area contributed by atoms with E-state index in [4.69, 9.17) is 4.98 Å². The lowest BCUT2D eigenvalue weighted by atomic mass is 10.0. The number of hydrogen-bond donors (Lipinski definition) is 1. The molecule has 1 aromatic carbocycles. The van der Waals surface area contributed by atoms with Crippen LogP contribution in [0.15, 0.2) is 85.3 Å². The maximum atomic E-state index is 12.0. The van der Waals surface area contributed by atoms with E-state index in [0.29, 0.717) is 42.3 Å². The maximum Gasteiger partial charge on any atom is 0.214 e. The average molecular weight is 438 g/mol. The van der Waals surface area contributed by atoms with Gasteiger partial charge in [-0.3, -0.25) is 19.6 Å². The third-order valence-electron chi connectivity index (χ3n) is 5.15. The van der Waals surface area contributed by atoms with Gasteiger partial charge in [0.05, 0.1) is 17.9 Å². The second-order valence-corrected chi connectivity index (χ2v) is 7.36. The quantitative estimate of drug-likeness (QED) is 0.375. The van der Waals surface area contributed by atoms with Gasteiger partial charge in [-0.1, -0.05) is 36.4 Å². The SMILES string of the molecule is O=Cc1ccccc1-c1ccc(N(C=O)Cc2cccnc2)c(NCCc2ccccn2)n1. The van der Waals surface area contributed by atoms with E-state index in [1.807, 2.05) is 60.7 Å². The third kappa shape index (κ3) is 5.46. The number of aldehydes is 1. The Kier molecular flexibility index (Phi) is 7.12. The van der Waals surface area contributed by atoms with Gasteiger partial charge in [0, 0.05) is 48.4 Å². The number of rotatable bonds is 10. The van der Waals surface area contributed by atoms with E-state index in [0.717, 1.165) is 29.5 Å². The lowest BCUT2D eigenvalue weighted by molar-refractivity contribution is -0.107. The largest absolute Gasteiger partial charge is 0.368 e. The van der Waals surface area contributed by atoms with E-state index in [1.165, 1.54) is 0 Å². The number of carbonyl (C=O) groups is 2. The van der Waals surface area contributed by atoms with Gasteiger partial charge in [0.15, 0.2) is 12.1 Å². The standard InChI is InChI=1S/C26H23N5O2/c32-18-21-7-1-2-9-23(21)24-10-11-25(31(19-33)17-20-6-5-13-27-16-20)26(30-24)29-15-12-22-8-3-4-14-28-22/h1-11,13-14,16,18-19H,12,15,17H2,(H,29,30). The molecule has 7 heteroatoms. The Morgan fingerprint density at radius 1 is 0.909 bits per heavy atom. The number of anilines is 2. The summed E-state index contributed by atoms with van der Waals surface area (Å²) in [6, 6.07) is 20.5. The Hall–Kier alpha value is -4.39. The third-order valence-corrected chi connectivity index (χ3v) is 5.15. The Morgan fingerprint density at radius 3 is 2.55 bits per heavy atom. The summed E-state index contributed by atoms with van der Waals surface area (Å²) in [6.07, 6.45) is 7.48. The zero-order valence-corrected chi connectivity index (χ0v) is 18.0. The molecule has 0 aliphatic rings. The van der Waals surface area contributed by atoms with Gasteiger partial charge in [0.25, 0.3) is 0 Å². The Balaban J connectivity index is 1.66. The Bertz CT molecular complexity index is 1220. The molecule has 4 aromatic rings. The Labute approximate surface area is 192 Å². The van der Waals surface area contributed by atoms with Crippen LogP contribution >= 0.6 is 0 Å². The lowest BCUT2D eigenvalue weighted by Crippen LogP contribution is -2.23. The van der Waals surface area contributed by atoms with Crippen molar-refractivity contribution in [3.63, 3.8) is 0 Å². The molecule has 0 saturated carbocycles. The zero-order chi connectivity index (χ0) is 22.9. The average Bonchev–Trinajstić information content (AvgIpc) is 2.88. The van der Waals surface area contributed by atoms with Crippen molar-refractivity contribution in [1.82, 2.24) is 15.0 Å². The predicted octanol–water partition coefficient (Wildman–Crippen LogP) is 4.17. The van der Waals surface area contributed by atoms with E-state index < -0.39 is 0 Å². The monoisotopic (exact) mass is 437 g/mol. The van der Waals surface area contributed by atoms with Crippen LogP contribution in [0.2, 0.25) is 0 Å². The lowest BCUT2D eigenvalue weighted by Gasteiger charge is -2.22. The summed E-state index contributed by atoms with van der Waals surface area (Å²) in [4.78, 5) is 38.4. The normalized spacial score (nSPS) is 10.4. The molecule has 33 heavy (non-hydrogen) atoms.